The van der Waals surface area contributed by atoms with Gasteiger partial charge in [-0.2, -0.15) is 5.10 Å². The second kappa shape index (κ2) is 7.36. The van der Waals surface area contributed by atoms with Gasteiger partial charge in [0.25, 0.3) is 5.91 Å². The first-order chi connectivity index (χ1) is 10.5. The largest absolute Gasteiger partial charge is 0.484 e. The predicted molar refractivity (Wildman–Crippen MR) is 83.5 cm³/mol. The number of carbonyl (C=O) groups excluding carboxylic acids is 1. The Hall–Kier alpha value is -2.69. The molecule has 2 aromatic rings. The lowest BCUT2D eigenvalue weighted by Crippen LogP contribution is -2.24. The minimum Gasteiger partial charge on any atom is -0.484 e. The lowest BCUT2D eigenvalue weighted by Gasteiger charge is -2.07. The molecule has 1 amide bonds. The summed E-state index contributed by atoms with van der Waals surface area (Å²) in [5.74, 6) is -0.0317. The van der Waals surface area contributed by atoms with Crippen molar-refractivity contribution in [2.45, 2.75) is 13.8 Å². The summed E-state index contributed by atoms with van der Waals surface area (Å²) in [6, 6.07) is 11.5. The highest BCUT2D eigenvalue weighted by atomic mass is 19.1. The van der Waals surface area contributed by atoms with Crippen LogP contribution in [0.1, 0.15) is 16.7 Å². The standard InChI is InChI=1S/C17H17FN2O2/c1-12-7-13(2)9-16(8-12)22-11-17(21)20-19-10-14-3-5-15(18)6-4-14/h3-10H,11H2,1-2H3,(H,20,21). The van der Waals surface area contributed by atoms with Crippen molar-refractivity contribution in [1.29, 1.82) is 0 Å². The Bertz CT molecular complexity index is 661. The van der Waals surface area contributed by atoms with Gasteiger partial charge < -0.3 is 4.74 Å². The number of hydrogen-bond donors (Lipinski definition) is 1. The zero-order valence-corrected chi connectivity index (χ0v) is 12.5. The van der Waals surface area contributed by atoms with Gasteiger partial charge in [0.1, 0.15) is 11.6 Å². The van der Waals surface area contributed by atoms with Gasteiger partial charge in [-0.3, -0.25) is 4.79 Å². The van der Waals surface area contributed by atoms with Crippen LogP contribution < -0.4 is 10.2 Å². The summed E-state index contributed by atoms with van der Waals surface area (Å²) in [4.78, 5) is 11.6. The van der Waals surface area contributed by atoms with E-state index in [-0.39, 0.29) is 18.3 Å². The van der Waals surface area contributed by atoms with Crippen molar-refractivity contribution in [1.82, 2.24) is 5.43 Å². The quantitative estimate of drug-likeness (QED) is 0.682. The van der Waals surface area contributed by atoms with Crippen LogP contribution in [-0.2, 0) is 4.79 Å². The zero-order valence-electron chi connectivity index (χ0n) is 12.5. The normalized spacial score (nSPS) is 10.7. The number of aryl methyl sites for hydroxylation is 2. The minimum atomic E-state index is -0.363. The van der Waals surface area contributed by atoms with E-state index < -0.39 is 0 Å². The lowest BCUT2D eigenvalue weighted by atomic mass is 10.1. The van der Waals surface area contributed by atoms with Gasteiger partial charge in [-0.15, -0.1) is 0 Å². The van der Waals surface area contributed by atoms with E-state index in [4.69, 9.17) is 4.74 Å². The van der Waals surface area contributed by atoms with E-state index in [9.17, 15) is 9.18 Å². The highest BCUT2D eigenvalue weighted by Crippen LogP contribution is 2.15. The number of halogens is 1. The maximum absolute atomic E-state index is 12.7. The number of benzene rings is 2. The molecule has 0 saturated carbocycles. The third-order valence-corrected chi connectivity index (χ3v) is 2.84. The van der Waals surface area contributed by atoms with Gasteiger partial charge in [-0.1, -0.05) is 18.2 Å². The maximum Gasteiger partial charge on any atom is 0.277 e. The van der Waals surface area contributed by atoms with E-state index in [2.05, 4.69) is 10.5 Å². The van der Waals surface area contributed by atoms with Crippen molar-refractivity contribution in [2.24, 2.45) is 5.10 Å². The van der Waals surface area contributed by atoms with Crippen LogP contribution >= 0.6 is 0 Å². The van der Waals surface area contributed by atoms with Crippen molar-refractivity contribution < 1.29 is 13.9 Å². The van der Waals surface area contributed by atoms with E-state index in [0.29, 0.717) is 11.3 Å². The number of amides is 1. The average Bonchev–Trinajstić information content (AvgIpc) is 2.46. The van der Waals surface area contributed by atoms with Gasteiger partial charge in [0.15, 0.2) is 6.61 Å². The van der Waals surface area contributed by atoms with Crippen LogP contribution in [0.2, 0.25) is 0 Å². The number of ether oxygens (including phenoxy) is 1. The fraction of sp³-hybridized carbons (Fsp3) is 0.176. The molecule has 0 heterocycles. The Kier molecular flexibility index (Phi) is 5.25. The Morgan fingerprint density at radius 1 is 1.18 bits per heavy atom. The summed E-state index contributed by atoms with van der Waals surface area (Å²) in [6.45, 7) is 3.81. The van der Waals surface area contributed by atoms with E-state index in [1.54, 1.807) is 12.1 Å². The Labute approximate surface area is 128 Å². The van der Waals surface area contributed by atoms with Crippen molar-refractivity contribution in [3.63, 3.8) is 0 Å². The molecule has 0 aliphatic heterocycles. The van der Waals surface area contributed by atoms with Crippen molar-refractivity contribution in [3.05, 3.63) is 65.0 Å². The third kappa shape index (κ3) is 5.01. The summed E-state index contributed by atoms with van der Waals surface area (Å²) < 4.78 is 18.1. The van der Waals surface area contributed by atoms with Crippen LogP contribution in [0.4, 0.5) is 4.39 Å². The lowest BCUT2D eigenvalue weighted by molar-refractivity contribution is -0.123. The fourth-order valence-corrected chi connectivity index (χ4v) is 1.93. The van der Waals surface area contributed by atoms with Crippen LogP contribution in [0.15, 0.2) is 47.6 Å². The Balaban J connectivity index is 1.81. The van der Waals surface area contributed by atoms with E-state index in [1.807, 2.05) is 32.0 Å². The Morgan fingerprint density at radius 2 is 1.82 bits per heavy atom. The number of hydrogen-bond acceptors (Lipinski definition) is 3. The van der Waals surface area contributed by atoms with Crippen LogP contribution in [0, 0.1) is 19.7 Å². The van der Waals surface area contributed by atoms with Gasteiger partial charge in [-0.05, 0) is 54.8 Å². The van der Waals surface area contributed by atoms with E-state index in [0.717, 1.165) is 11.1 Å². The van der Waals surface area contributed by atoms with Crippen LogP contribution in [-0.4, -0.2) is 18.7 Å². The smallest absolute Gasteiger partial charge is 0.277 e. The number of carbonyl (C=O) groups is 1. The van der Waals surface area contributed by atoms with E-state index in [1.165, 1.54) is 18.3 Å². The van der Waals surface area contributed by atoms with Crippen molar-refractivity contribution in [2.75, 3.05) is 6.61 Å². The van der Waals surface area contributed by atoms with Gasteiger partial charge in [0, 0.05) is 0 Å². The van der Waals surface area contributed by atoms with Gasteiger partial charge in [-0.25, -0.2) is 9.82 Å². The molecule has 5 heteroatoms. The molecule has 0 aliphatic rings. The molecule has 0 spiro atoms. The molecule has 1 N–H and O–H groups in total. The first-order valence-corrected chi connectivity index (χ1v) is 6.81. The summed E-state index contributed by atoms with van der Waals surface area (Å²) in [6.07, 6.45) is 1.44. The summed E-state index contributed by atoms with van der Waals surface area (Å²) in [5.41, 5.74) is 5.20. The molecule has 22 heavy (non-hydrogen) atoms. The summed E-state index contributed by atoms with van der Waals surface area (Å²) >= 11 is 0. The highest BCUT2D eigenvalue weighted by Gasteiger charge is 2.02. The highest BCUT2D eigenvalue weighted by molar-refractivity contribution is 5.82. The molecule has 0 atom stereocenters. The molecule has 0 aliphatic carbocycles. The predicted octanol–water partition coefficient (Wildman–Crippen LogP) is 2.97. The monoisotopic (exact) mass is 300 g/mol. The zero-order chi connectivity index (χ0) is 15.9. The van der Waals surface area contributed by atoms with Gasteiger partial charge >= 0.3 is 0 Å². The van der Waals surface area contributed by atoms with E-state index >= 15 is 0 Å². The first kappa shape index (κ1) is 15.7. The topological polar surface area (TPSA) is 50.7 Å². The molecule has 4 nitrogen and oxygen atoms in total. The molecule has 0 saturated heterocycles. The molecule has 0 aromatic heterocycles. The van der Waals surface area contributed by atoms with Crippen LogP contribution in [0.3, 0.4) is 0 Å². The van der Waals surface area contributed by atoms with Gasteiger partial charge in [0.2, 0.25) is 0 Å². The molecule has 0 fully saturated rings. The number of nitrogens with one attached hydrogen (secondary N) is 1. The molecule has 0 unspecified atom stereocenters. The maximum atomic E-state index is 12.7. The molecule has 0 radical (unpaired) electrons. The third-order valence-electron chi connectivity index (χ3n) is 2.84. The molecule has 2 rings (SSSR count). The summed E-state index contributed by atoms with van der Waals surface area (Å²) in [7, 11) is 0. The molecule has 0 bridgehead atoms. The first-order valence-electron chi connectivity index (χ1n) is 6.81. The SMILES string of the molecule is Cc1cc(C)cc(OCC(=O)NN=Cc2ccc(F)cc2)c1. The second-order valence-electron chi connectivity index (χ2n) is 4.96. The molecule has 2 aromatic carbocycles. The molecule has 114 valence electrons. The summed E-state index contributed by atoms with van der Waals surface area (Å²) in [5, 5.41) is 3.79. The number of hydrazone groups is 1. The molecular formula is C17H17FN2O2. The van der Waals surface area contributed by atoms with Crippen LogP contribution in [0.25, 0.3) is 0 Å². The minimum absolute atomic E-state index is 0.121. The Morgan fingerprint density at radius 3 is 2.45 bits per heavy atom. The van der Waals surface area contributed by atoms with Crippen molar-refractivity contribution in [3.8, 4) is 5.75 Å². The fourth-order valence-electron chi connectivity index (χ4n) is 1.93. The molecular weight excluding hydrogens is 283 g/mol. The number of nitrogens with zero attached hydrogens (tertiary/aromatic N) is 1. The van der Waals surface area contributed by atoms with Gasteiger partial charge in [0.05, 0.1) is 6.21 Å². The second-order valence-corrected chi connectivity index (χ2v) is 4.96. The average molecular weight is 300 g/mol. The van der Waals surface area contributed by atoms with Crippen molar-refractivity contribution >= 4 is 12.1 Å². The number of rotatable bonds is 5. The van der Waals surface area contributed by atoms with Crippen LogP contribution in [0.5, 0.6) is 5.75 Å².